The number of ketones is 1. The number of sulfonamides is 1. The third-order valence-electron chi connectivity index (χ3n) is 6.61. The van der Waals surface area contributed by atoms with Gasteiger partial charge in [-0.1, -0.05) is 60.7 Å². The Morgan fingerprint density at radius 1 is 1.02 bits per heavy atom. The summed E-state index contributed by atoms with van der Waals surface area (Å²) >= 11 is 1.15. The van der Waals surface area contributed by atoms with Gasteiger partial charge in [0.15, 0.2) is 11.0 Å². The van der Waals surface area contributed by atoms with Crippen molar-refractivity contribution in [2.24, 2.45) is 16.5 Å². The molecule has 0 aliphatic carbocycles. The number of aromatic nitrogens is 1. The van der Waals surface area contributed by atoms with Crippen molar-refractivity contribution in [1.82, 2.24) is 19.5 Å². The number of hydrogen-bond donors (Lipinski definition) is 3. The number of rotatable bonds is 14. The molecule has 0 radical (unpaired) electrons. The summed E-state index contributed by atoms with van der Waals surface area (Å²) in [5.74, 6) is -1.89. The Bertz CT molecular complexity index is 1560. The van der Waals surface area contributed by atoms with Crippen LogP contribution in [-0.2, 0) is 31.8 Å². The lowest BCUT2D eigenvalue weighted by Crippen LogP contribution is -2.54. The van der Waals surface area contributed by atoms with Crippen LogP contribution in [0.15, 0.2) is 89.6 Å². The van der Waals surface area contributed by atoms with Crippen molar-refractivity contribution in [2.45, 2.75) is 37.1 Å². The van der Waals surface area contributed by atoms with Crippen molar-refractivity contribution in [3.8, 4) is 0 Å². The monoisotopic (exact) mass is 623 g/mol. The first-order valence-corrected chi connectivity index (χ1v) is 16.0. The molecule has 2 atom stereocenters. The highest BCUT2D eigenvalue weighted by Crippen LogP contribution is 2.23. The Morgan fingerprint density at radius 2 is 1.70 bits per heavy atom. The zero-order valence-electron chi connectivity index (χ0n) is 23.3. The summed E-state index contributed by atoms with van der Waals surface area (Å²) in [7, 11) is -3.95. The van der Waals surface area contributed by atoms with Crippen molar-refractivity contribution >= 4 is 44.9 Å². The summed E-state index contributed by atoms with van der Waals surface area (Å²) in [5.41, 5.74) is 12.1. The maximum atomic E-state index is 13.7. The molecule has 4 rings (SSSR count). The zero-order chi connectivity index (χ0) is 30.8. The molecule has 0 bridgehead atoms. The first-order valence-electron chi connectivity index (χ1n) is 13.5. The Hall–Kier alpha value is -4.56. The standard InChI is InChI=1S/C29H33N7O5S2/c30-29(31)33-13-7-12-23(26(38)27-32-14-17-42-27)34-25(37)19-35-15-16-36(43(40,41)20-22-10-5-2-6-11-22)24(28(35)39)18-21-8-3-1-4-9-21/h1-6,8-11,14-17,23-24H,7,12-13,18-20H2,(H,34,37)(H4,30,31,33)/t23?,24-/m0/s1. The number of Topliss-reactive ketones (excluding diaryl/α,β-unsaturated/α-hetero) is 1. The van der Waals surface area contributed by atoms with E-state index in [0.717, 1.165) is 21.2 Å². The van der Waals surface area contributed by atoms with Gasteiger partial charge < -0.3 is 21.7 Å². The zero-order valence-corrected chi connectivity index (χ0v) is 24.9. The highest BCUT2D eigenvalue weighted by molar-refractivity contribution is 7.88. The normalized spacial score (nSPS) is 15.6. The van der Waals surface area contributed by atoms with Crippen LogP contribution in [0.4, 0.5) is 0 Å². The van der Waals surface area contributed by atoms with Crippen LogP contribution in [-0.4, -0.2) is 71.3 Å². The van der Waals surface area contributed by atoms with Gasteiger partial charge in [0.2, 0.25) is 21.7 Å². The van der Waals surface area contributed by atoms with E-state index in [1.165, 1.54) is 23.5 Å². The topological polar surface area (TPSA) is 181 Å². The summed E-state index contributed by atoms with van der Waals surface area (Å²) in [4.78, 5) is 49.1. The molecule has 0 fully saturated rings. The summed E-state index contributed by atoms with van der Waals surface area (Å²) < 4.78 is 28.0. The van der Waals surface area contributed by atoms with Crippen LogP contribution < -0.4 is 16.8 Å². The van der Waals surface area contributed by atoms with Gasteiger partial charge in [-0.05, 0) is 24.0 Å². The number of guanidine groups is 1. The predicted molar refractivity (Wildman–Crippen MR) is 164 cm³/mol. The van der Waals surface area contributed by atoms with Crippen molar-refractivity contribution < 1.29 is 22.8 Å². The quantitative estimate of drug-likeness (QED) is 0.105. The second-order valence-corrected chi connectivity index (χ2v) is 12.6. The molecule has 43 heavy (non-hydrogen) atoms. The molecule has 226 valence electrons. The molecule has 1 aliphatic rings. The van der Waals surface area contributed by atoms with E-state index in [4.69, 9.17) is 11.5 Å². The summed E-state index contributed by atoms with van der Waals surface area (Å²) in [5, 5.41) is 4.61. The van der Waals surface area contributed by atoms with Crippen LogP contribution >= 0.6 is 11.3 Å². The largest absolute Gasteiger partial charge is 0.370 e. The van der Waals surface area contributed by atoms with Crippen LogP contribution in [0, 0.1) is 0 Å². The van der Waals surface area contributed by atoms with Gasteiger partial charge in [0, 0.05) is 36.9 Å². The van der Waals surface area contributed by atoms with Crippen molar-refractivity contribution in [1.29, 1.82) is 0 Å². The molecule has 3 aromatic rings. The minimum atomic E-state index is -3.95. The Balaban J connectivity index is 1.52. The number of nitrogens with zero attached hydrogens (tertiary/aromatic N) is 4. The highest BCUT2D eigenvalue weighted by atomic mass is 32.2. The lowest BCUT2D eigenvalue weighted by Gasteiger charge is -2.36. The predicted octanol–water partition coefficient (Wildman–Crippen LogP) is 1.62. The molecular weight excluding hydrogens is 590 g/mol. The first kappa shape index (κ1) is 31.4. The van der Waals surface area contributed by atoms with Crippen LogP contribution in [0.3, 0.4) is 0 Å². The molecule has 2 aromatic carbocycles. The molecule has 1 aliphatic heterocycles. The van der Waals surface area contributed by atoms with Gasteiger partial charge in [0.25, 0.3) is 5.91 Å². The molecule has 0 saturated carbocycles. The van der Waals surface area contributed by atoms with E-state index in [1.54, 1.807) is 47.8 Å². The molecule has 1 unspecified atom stereocenters. The summed E-state index contributed by atoms with van der Waals surface area (Å²) in [6.45, 7) is -0.148. The summed E-state index contributed by atoms with van der Waals surface area (Å²) in [6.07, 6.45) is 4.85. The number of carbonyl (C=O) groups excluding carboxylic acids is 3. The van der Waals surface area contributed by atoms with Gasteiger partial charge in [-0.15, -0.1) is 11.3 Å². The van der Waals surface area contributed by atoms with E-state index in [0.29, 0.717) is 12.0 Å². The van der Waals surface area contributed by atoms with E-state index in [1.807, 2.05) is 18.2 Å². The van der Waals surface area contributed by atoms with Gasteiger partial charge in [0.05, 0.1) is 11.8 Å². The third kappa shape index (κ3) is 8.72. The highest BCUT2D eigenvalue weighted by Gasteiger charge is 2.38. The van der Waals surface area contributed by atoms with Crippen molar-refractivity contribution in [2.75, 3.05) is 13.1 Å². The van der Waals surface area contributed by atoms with E-state index < -0.39 is 40.5 Å². The molecule has 5 N–H and O–H groups in total. The third-order valence-corrected chi connectivity index (χ3v) is 9.11. The molecule has 1 aromatic heterocycles. The van der Waals surface area contributed by atoms with E-state index >= 15 is 0 Å². The average Bonchev–Trinajstić information content (AvgIpc) is 3.52. The van der Waals surface area contributed by atoms with Crippen molar-refractivity contribution in [3.63, 3.8) is 0 Å². The van der Waals surface area contributed by atoms with E-state index in [9.17, 15) is 22.8 Å². The average molecular weight is 624 g/mol. The molecule has 14 heteroatoms. The molecular formula is C29H33N7O5S2. The van der Waals surface area contributed by atoms with Gasteiger partial charge in [0.1, 0.15) is 12.6 Å². The van der Waals surface area contributed by atoms with Crippen LogP contribution in [0.5, 0.6) is 0 Å². The Kier molecular flexibility index (Phi) is 10.6. The van der Waals surface area contributed by atoms with Crippen molar-refractivity contribution in [3.05, 3.63) is 101 Å². The number of nitrogens with two attached hydrogens (primary N) is 2. The smallest absolute Gasteiger partial charge is 0.251 e. The minimum Gasteiger partial charge on any atom is -0.370 e. The maximum absolute atomic E-state index is 13.7. The fraction of sp³-hybridized carbons (Fsp3) is 0.276. The number of amides is 2. The number of hydrogen-bond acceptors (Lipinski definition) is 8. The van der Waals surface area contributed by atoms with Gasteiger partial charge in [-0.2, -0.15) is 0 Å². The Morgan fingerprint density at radius 3 is 2.33 bits per heavy atom. The second-order valence-electron chi connectivity index (χ2n) is 9.81. The number of nitrogens with one attached hydrogen (secondary N) is 1. The van der Waals surface area contributed by atoms with Crippen LogP contribution in [0.2, 0.25) is 0 Å². The van der Waals surface area contributed by atoms with Gasteiger partial charge in [-0.25, -0.2) is 13.4 Å². The molecule has 12 nitrogen and oxygen atoms in total. The molecule has 2 heterocycles. The fourth-order valence-corrected chi connectivity index (χ4v) is 6.76. The van der Waals surface area contributed by atoms with Gasteiger partial charge in [-0.3, -0.25) is 23.7 Å². The number of aliphatic imine (C=N–C) groups is 1. The SMILES string of the molecule is NC(N)=NCCCC(NC(=O)CN1C=CN(S(=O)(=O)Cc2ccccc2)[C@@H](Cc2ccccc2)C1=O)C(=O)c1nccs1. The summed E-state index contributed by atoms with van der Waals surface area (Å²) in [6, 6.07) is 15.7. The van der Waals surface area contributed by atoms with E-state index in [2.05, 4.69) is 15.3 Å². The molecule has 0 spiro atoms. The number of thiazole rings is 1. The lowest BCUT2D eigenvalue weighted by atomic mass is 10.0. The lowest BCUT2D eigenvalue weighted by molar-refractivity contribution is -0.137. The van der Waals surface area contributed by atoms with Gasteiger partial charge >= 0.3 is 0 Å². The van der Waals surface area contributed by atoms with Crippen LogP contribution in [0.1, 0.15) is 33.8 Å². The first-order chi connectivity index (χ1) is 20.6. The van der Waals surface area contributed by atoms with E-state index in [-0.39, 0.29) is 41.9 Å². The van der Waals surface area contributed by atoms with Crippen LogP contribution in [0.25, 0.3) is 0 Å². The molecule has 2 amide bonds. The second kappa shape index (κ2) is 14.6. The minimum absolute atomic E-state index is 0.0767. The molecule has 0 saturated heterocycles. The maximum Gasteiger partial charge on any atom is 0.251 e. The fourth-order valence-electron chi connectivity index (χ4n) is 4.58. The Labute approximate surface area is 254 Å². The number of carbonyl (C=O) groups is 3. The number of benzene rings is 2.